The van der Waals surface area contributed by atoms with Gasteiger partial charge in [0.15, 0.2) is 0 Å². The highest BCUT2D eigenvalue weighted by Crippen LogP contribution is 2.32. The zero-order chi connectivity index (χ0) is 22.4. The SMILES string of the molecule is C#CCNS(=O)(=O)c1ccc(C(=O)NCCNc2ncc(C(F)(F)F)cc2Cl)cc1. The standard InChI is InChI=1S/C18H16ClF3N4O3S/c1-2-7-26-30(28,29)14-5-3-12(4-6-14)17(27)24-9-8-23-16-15(19)10-13(11-25-16)18(20,21)22/h1,3-6,10-11,26H,7-9H2,(H,23,25)(H,24,27). The molecule has 1 amide bonds. The topological polar surface area (TPSA) is 100 Å². The highest BCUT2D eigenvalue weighted by Gasteiger charge is 2.31. The molecule has 0 radical (unpaired) electrons. The highest BCUT2D eigenvalue weighted by molar-refractivity contribution is 7.89. The summed E-state index contributed by atoms with van der Waals surface area (Å²) in [5.74, 6) is 1.73. The van der Waals surface area contributed by atoms with E-state index >= 15 is 0 Å². The number of benzene rings is 1. The molecular formula is C18H16ClF3N4O3S. The number of anilines is 1. The van der Waals surface area contributed by atoms with Crippen LogP contribution < -0.4 is 15.4 Å². The lowest BCUT2D eigenvalue weighted by molar-refractivity contribution is -0.137. The Labute approximate surface area is 176 Å². The molecule has 0 aliphatic carbocycles. The minimum atomic E-state index is -4.55. The van der Waals surface area contributed by atoms with E-state index in [-0.39, 0.29) is 40.9 Å². The third-order valence-corrected chi connectivity index (χ3v) is 5.37. The van der Waals surface area contributed by atoms with Crippen molar-refractivity contribution in [3.63, 3.8) is 0 Å². The summed E-state index contributed by atoms with van der Waals surface area (Å²) in [6, 6.07) is 5.95. The second kappa shape index (κ2) is 9.80. The van der Waals surface area contributed by atoms with Crippen molar-refractivity contribution >= 4 is 33.3 Å². The molecule has 0 saturated heterocycles. The summed E-state index contributed by atoms with van der Waals surface area (Å²) in [4.78, 5) is 15.7. The van der Waals surface area contributed by atoms with Gasteiger partial charge >= 0.3 is 6.18 Å². The van der Waals surface area contributed by atoms with Crippen LogP contribution in [-0.2, 0) is 16.2 Å². The van der Waals surface area contributed by atoms with E-state index in [0.29, 0.717) is 6.20 Å². The number of nitrogens with zero attached hydrogens (tertiary/aromatic N) is 1. The van der Waals surface area contributed by atoms with Gasteiger partial charge < -0.3 is 10.6 Å². The first kappa shape index (κ1) is 23.5. The van der Waals surface area contributed by atoms with Crippen molar-refractivity contribution in [3.8, 4) is 12.3 Å². The summed E-state index contributed by atoms with van der Waals surface area (Å²) in [7, 11) is -3.76. The van der Waals surface area contributed by atoms with Gasteiger partial charge in [-0.15, -0.1) is 6.42 Å². The van der Waals surface area contributed by atoms with E-state index in [4.69, 9.17) is 18.0 Å². The normalized spacial score (nSPS) is 11.6. The molecule has 0 spiro atoms. The molecule has 160 valence electrons. The van der Waals surface area contributed by atoms with Crippen molar-refractivity contribution in [2.24, 2.45) is 0 Å². The Hall–Kier alpha value is -2.81. The number of carbonyl (C=O) groups is 1. The first-order valence-corrected chi connectivity index (χ1v) is 10.2. The van der Waals surface area contributed by atoms with Gasteiger partial charge in [0.25, 0.3) is 5.91 Å². The van der Waals surface area contributed by atoms with Gasteiger partial charge in [-0.1, -0.05) is 17.5 Å². The first-order chi connectivity index (χ1) is 14.0. The zero-order valence-corrected chi connectivity index (χ0v) is 16.8. The van der Waals surface area contributed by atoms with E-state index in [1.165, 1.54) is 24.3 Å². The number of hydrogen-bond acceptors (Lipinski definition) is 5. The lowest BCUT2D eigenvalue weighted by atomic mass is 10.2. The molecule has 0 atom stereocenters. The Morgan fingerprint density at radius 1 is 1.20 bits per heavy atom. The molecule has 7 nitrogen and oxygen atoms in total. The Balaban J connectivity index is 1.87. The number of nitrogens with one attached hydrogen (secondary N) is 3. The van der Waals surface area contributed by atoms with Crippen molar-refractivity contribution in [2.75, 3.05) is 25.0 Å². The van der Waals surface area contributed by atoms with Crippen molar-refractivity contribution in [1.29, 1.82) is 0 Å². The smallest absolute Gasteiger partial charge is 0.367 e. The fourth-order valence-corrected chi connectivity index (χ4v) is 3.36. The molecule has 0 fully saturated rings. The number of alkyl halides is 3. The van der Waals surface area contributed by atoms with Gasteiger partial charge in [0.05, 0.1) is 22.0 Å². The van der Waals surface area contributed by atoms with Crippen LogP contribution in [0.4, 0.5) is 19.0 Å². The number of aromatic nitrogens is 1. The molecule has 2 rings (SSSR count). The second-order valence-corrected chi connectivity index (χ2v) is 7.96. The minimum absolute atomic E-state index is 0.0426. The number of rotatable bonds is 8. The maximum absolute atomic E-state index is 12.6. The summed E-state index contributed by atoms with van der Waals surface area (Å²) in [5, 5.41) is 5.09. The van der Waals surface area contributed by atoms with E-state index in [9.17, 15) is 26.4 Å². The van der Waals surface area contributed by atoms with Crippen molar-refractivity contribution < 1.29 is 26.4 Å². The first-order valence-electron chi connectivity index (χ1n) is 8.32. The molecule has 0 unspecified atom stereocenters. The van der Waals surface area contributed by atoms with Gasteiger partial charge in [-0.05, 0) is 30.3 Å². The van der Waals surface area contributed by atoms with Gasteiger partial charge in [-0.2, -0.15) is 17.9 Å². The molecule has 1 heterocycles. The molecule has 2 aromatic rings. The predicted octanol–water partition coefficient (Wildman–Crippen LogP) is 2.51. The zero-order valence-electron chi connectivity index (χ0n) is 15.3. The van der Waals surface area contributed by atoms with Crippen molar-refractivity contribution in [1.82, 2.24) is 15.0 Å². The number of pyridine rings is 1. The Morgan fingerprint density at radius 2 is 1.87 bits per heavy atom. The van der Waals surface area contributed by atoms with E-state index in [0.717, 1.165) is 6.07 Å². The van der Waals surface area contributed by atoms with Gasteiger partial charge in [-0.3, -0.25) is 4.79 Å². The minimum Gasteiger partial charge on any atom is -0.367 e. The number of hydrogen-bond donors (Lipinski definition) is 3. The van der Waals surface area contributed by atoms with Crippen LogP contribution >= 0.6 is 11.6 Å². The number of terminal acetylenes is 1. The van der Waals surface area contributed by atoms with Gasteiger partial charge in [-0.25, -0.2) is 13.4 Å². The monoisotopic (exact) mass is 460 g/mol. The number of amides is 1. The summed E-state index contributed by atoms with van der Waals surface area (Å²) >= 11 is 5.78. The maximum Gasteiger partial charge on any atom is 0.417 e. The Bertz CT molecular complexity index is 1050. The molecule has 12 heteroatoms. The molecule has 1 aromatic carbocycles. The van der Waals surface area contributed by atoms with Gasteiger partial charge in [0.2, 0.25) is 10.0 Å². The van der Waals surface area contributed by atoms with E-state index in [1.54, 1.807) is 0 Å². The van der Waals surface area contributed by atoms with Crippen LogP contribution in [0.3, 0.4) is 0 Å². The summed E-state index contributed by atoms with van der Waals surface area (Å²) in [5.41, 5.74) is -0.747. The van der Waals surface area contributed by atoms with Gasteiger partial charge in [0.1, 0.15) is 5.82 Å². The molecule has 0 aliphatic rings. The lowest BCUT2D eigenvalue weighted by Gasteiger charge is -2.11. The molecule has 1 aromatic heterocycles. The predicted molar refractivity (Wildman–Crippen MR) is 106 cm³/mol. The van der Waals surface area contributed by atoms with Crippen molar-refractivity contribution in [3.05, 3.63) is 52.7 Å². The second-order valence-electron chi connectivity index (χ2n) is 5.79. The molecule has 0 bridgehead atoms. The van der Waals surface area contributed by atoms with Crippen LogP contribution in [0.25, 0.3) is 0 Å². The fourth-order valence-electron chi connectivity index (χ4n) is 2.19. The third kappa shape index (κ3) is 6.35. The van der Waals surface area contributed by atoms with Crippen LogP contribution in [-0.4, -0.2) is 38.9 Å². The van der Waals surface area contributed by atoms with Crippen LogP contribution in [0.15, 0.2) is 41.4 Å². The molecule has 30 heavy (non-hydrogen) atoms. The van der Waals surface area contributed by atoms with Crippen LogP contribution in [0, 0.1) is 12.3 Å². The summed E-state index contributed by atoms with van der Waals surface area (Å²) < 4.78 is 63.8. The quantitative estimate of drug-likeness (QED) is 0.415. The number of halogens is 4. The molecule has 0 aliphatic heterocycles. The largest absolute Gasteiger partial charge is 0.417 e. The van der Waals surface area contributed by atoms with Crippen molar-refractivity contribution in [2.45, 2.75) is 11.1 Å². The number of sulfonamides is 1. The van der Waals surface area contributed by atoms with Crippen LogP contribution in [0.5, 0.6) is 0 Å². The van der Waals surface area contributed by atoms with E-state index < -0.39 is 27.7 Å². The average molecular weight is 461 g/mol. The van der Waals surface area contributed by atoms with E-state index in [1.807, 2.05) is 0 Å². The molecule has 3 N–H and O–H groups in total. The Kier molecular flexibility index (Phi) is 7.66. The molecular weight excluding hydrogens is 445 g/mol. The van der Waals surface area contributed by atoms with Crippen LogP contribution in [0.2, 0.25) is 5.02 Å². The average Bonchev–Trinajstić information content (AvgIpc) is 2.69. The fraction of sp³-hybridized carbons (Fsp3) is 0.222. The third-order valence-electron chi connectivity index (χ3n) is 3.66. The lowest BCUT2D eigenvalue weighted by Crippen LogP contribution is -2.29. The highest BCUT2D eigenvalue weighted by atomic mass is 35.5. The van der Waals surface area contributed by atoms with E-state index in [2.05, 4.69) is 26.3 Å². The van der Waals surface area contributed by atoms with Crippen LogP contribution in [0.1, 0.15) is 15.9 Å². The van der Waals surface area contributed by atoms with Gasteiger partial charge in [0, 0.05) is 24.8 Å². The maximum atomic E-state index is 12.6. The summed E-state index contributed by atoms with van der Waals surface area (Å²) in [6.45, 7) is 0.101. The molecule has 0 saturated carbocycles. The number of carbonyl (C=O) groups excluding carboxylic acids is 1. The summed E-state index contributed by atoms with van der Waals surface area (Å²) in [6.07, 6.45) is 1.12. The Morgan fingerprint density at radius 3 is 2.43 bits per heavy atom.